The third kappa shape index (κ3) is 2.81. The summed E-state index contributed by atoms with van der Waals surface area (Å²) < 4.78 is 13.1. The van der Waals surface area contributed by atoms with Crippen molar-refractivity contribution in [3.63, 3.8) is 0 Å². The lowest BCUT2D eigenvalue weighted by Gasteiger charge is -2.10. The minimum absolute atomic E-state index is 0.695. The van der Waals surface area contributed by atoms with E-state index in [-0.39, 0.29) is 0 Å². The zero-order valence-corrected chi connectivity index (χ0v) is 10.9. The van der Waals surface area contributed by atoms with Crippen LogP contribution in [0.4, 0.5) is 5.69 Å². The Morgan fingerprint density at radius 1 is 1.21 bits per heavy atom. The number of hydrogen-bond donors (Lipinski definition) is 1. The smallest absolute Gasteiger partial charge is 0.163 e. The molecule has 0 bridgehead atoms. The topological polar surface area (TPSA) is 48.3 Å². The highest BCUT2D eigenvalue weighted by Gasteiger charge is 2.10. The van der Waals surface area contributed by atoms with Crippen LogP contribution in [0.5, 0.6) is 11.5 Å². The Kier molecular flexibility index (Phi) is 3.27. The van der Waals surface area contributed by atoms with Crippen LogP contribution in [0.2, 0.25) is 0 Å². The van der Waals surface area contributed by atoms with Crippen molar-refractivity contribution in [1.82, 2.24) is 9.78 Å². The van der Waals surface area contributed by atoms with Crippen LogP contribution in [0.15, 0.2) is 30.5 Å². The molecule has 3 rings (SSSR count). The molecule has 2 heterocycles. The van der Waals surface area contributed by atoms with E-state index in [0.29, 0.717) is 19.8 Å². The normalized spacial score (nSPS) is 13.9. The first-order valence-electron chi connectivity index (χ1n) is 6.43. The number of ether oxygens (including phenoxy) is 2. The second kappa shape index (κ2) is 5.22. The van der Waals surface area contributed by atoms with E-state index in [0.717, 1.165) is 29.3 Å². The minimum Gasteiger partial charge on any atom is -0.490 e. The van der Waals surface area contributed by atoms with Gasteiger partial charge in [0.05, 0.1) is 25.5 Å². The second-order valence-corrected chi connectivity index (χ2v) is 4.55. The summed E-state index contributed by atoms with van der Waals surface area (Å²) in [5.74, 6) is 1.63. The number of nitrogens with zero attached hydrogens (tertiary/aromatic N) is 2. The lowest BCUT2D eigenvalue weighted by Crippen LogP contribution is -2.01. The van der Waals surface area contributed by atoms with Crippen molar-refractivity contribution in [3.05, 3.63) is 36.2 Å². The van der Waals surface area contributed by atoms with Crippen LogP contribution in [-0.2, 0) is 13.6 Å². The largest absolute Gasteiger partial charge is 0.490 e. The van der Waals surface area contributed by atoms with E-state index in [1.807, 2.05) is 37.5 Å². The molecule has 1 aromatic heterocycles. The second-order valence-electron chi connectivity index (χ2n) is 4.55. The third-order valence-corrected chi connectivity index (χ3v) is 2.99. The van der Waals surface area contributed by atoms with Gasteiger partial charge in [-0.3, -0.25) is 4.68 Å². The molecule has 5 heteroatoms. The van der Waals surface area contributed by atoms with Crippen molar-refractivity contribution in [2.45, 2.75) is 13.0 Å². The third-order valence-electron chi connectivity index (χ3n) is 2.99. The molecule has 1 aromatic carbocycles. The van der Waals surface area contributed by atoms with Crippen LogP contribution < -0.4 is 14.8 Å². The first kappa shape index (κ1) is 11.9. The molecule has 0 aliphatic carbocycles. The van der Waals surface area contributed by atoms with Crippen LogP contribution >= 0.6 is 0 Å². The van der Waals surface area contributed by atoms with Gasteiger partial charge in [-0.05, 0) is 18.2 Å². The summed E-state index contributed by atoms with van der Waals surface area (Å²) in [5, 5.41) is 7.66. The highest BCUT2D eigenvalue weighted by atomic mass is 16.5. The molecule has 2 aromatic rings. The Labute approximate surface area is 112 Å². The molecule has 19 heavy (non-hydrogen) atoms. The first-order valence-corrected chi connectivity index (χ1v) is 6.43. The summed E-state index contributed by atoms with van der Waals surface area (Å²) in [5.41, 5.74) is 2.02. The lowest BCUT2D eigenvalue weighted by molar-refractivity contribution is 0.297. The van der Waals surface area contributed by atoms with Gasteiger partial charge in [-0.15, -0.1) is 0 Å². The first-order chi connectivity index (χ1) is 9.31. The summed E-state index contributed by atoms with van der Waals surface area (Å²) >= 11 is 0. The van der Waals surface area contributed by atoms with E-state index >= 15 is 0 Å². The predicted molar refractivity (Wildman–Crippen MR) is 72.6 cm³/mol. The van der Waals surface area contributed by atoms with E-state index in [1.165, 1.54) is 0 Å². The summed E-state index contributed by atoms with van der Waals surface area (Å²) in [6.07, 6.45) is 2.86. The average Bonchev–Trinajstić information content (AvgIpc) is 2.70. The highest BCUT2D eigenvalue weighted by molar-refractivity contribution is 5.55. The fourth-order valence-electron chi connectivity index (χ4n) is 2.02. The maximum absolute atomic E-state index is 5.66. The van der Waals surface area contributed by atoms with Gasteiger partial charge in [0.1, 0.15) is 0 Å². The number of fused-ring (bicyclic) bond motifs is 1. The zero-order valence-electron chi connectivity index (χ0n) is 10.9. The van der Waals surface area contributed by atoms with Crippen molar-refractivity contribution in [2.75, 3.05) is 18.5 Å². The van der Waals surface area contributed by atoms with E-state index in [9.17, 15) is 0 Å². The number of rotatable bonds is 3. The van der Waals surface area contributed by atoms with Gasteiger partial charge in [-0.25, -0.2) is 0 Å². The van der Waals surface area contributed by atoms with Gasteiger partial charge in [0.25, 0.3) is 0 Å². The monoisotopic (exact) mass is 259 g/mol. The summed E-state index contributed by atoms with van der Waals surface area (Å²) in [6, 6.07) is 7.91. The van der Waals surface area contributed by atoms with Gasteiger partial charge in [0.2, 0.25) is 0 Å². The van der Waals surface area contributed by atoms with Crippen LogP contribution in [0.25, 0.3) is 0 Å². The summed E-state index contributed by atoms with van der Waals surface area (Å²) in [7, 11) is 1.91. The standard InChI is InChI=1S/C14H17N3O2/c1-17-6-5-12(16-17)10-15-11-3-4-13-14(9-11)19-8-2-7-18-13/h3-6,9,15H,2,7-8,10H2,1H3. The highest BCUT2D eigenvalue weighted by Crippen LogP contribution is 2.32. The number of anilines is 1. The van der Waals surface area contributed by atoms with Gasteiger partial charge in [0, 0.05) is 31.4 Å². The van der Waals surface area contributed by atoms with E-state index < -0.39 is 0 Å². The maximum Gasteiger partial charge on any atom is 0.163 e. The molecule has 0 spiro atoms. The van der Waals surface area contributed by atoms with Gasteiger partial charge < -0.3 is 14.8 Å². The summed E-state index contributed by atoms with van der Waals surface area (Å²) in [6.45, 7) is 2.12. The van der Waals surface area contributed by atoms with Crippen molar-refractivity contribution in [1.29, 1.82) is 0 Å². The molecular weight excluding hydrogens is 242 g/mol. The Balaban J connectivity index is 1.69. The summed E-state index contributed by atoms with van der Waals surface area (Å²) in [4.78, 5) is 0. The van der Waals surface area contributed by atoms with E-state index in [1.54, 1.807) is 4.68 Å². The molecule has 0 saturated carbocycles. The number of benzene rings is 1. The van der Waals surface area contributed by atoms with Gasteiger partial charge in [-0.1, -0.05) is 0 Å². The number of hydrogen-bond acceptors (Lipinski definition) is 4. The molecule has 0 saturated heterocycles. The maximum atomic E-state index is 5.66. The van der Waals surface area contributed by atoms with Gasteiger partial charge >= 0.3 is 0 Å². The number of aryl methyl sites for hydroxylation is 1. The number of aromatic nitrogens is 2. The zero-order chi connectivity index (χ0) is 13.1. The lowest BCUT2D eigenvalue weighted by atomic mass is 10.2. The quantitative estimate of drug-likeness (QED) is 0.918. The Bertz CT molecular complexity index is 566. The van der Waals surface area contributed by atoms with Crippen molar-refractivity contribution >= 4 is 5.69 Å². The van der Waals surface area contributed by atoms with Gasteiger partial charge in [-0.2, -0.15) is 5.10 Å². The van der Waals surface area contributed by atoms with Gasteiger partial charge in [0.15, 0.2) is 11.5 Å². The van der Waals surface area contributed by atoms with Crippen molar-refractivity contribution < 1.29 is 9.47 Å². The molecule has 100 valence electrons. The Morgan fingerprint density at radius 3 is 2.84 bits per heavy atom. The van der Waals surface area contributed by atoms with E-state index in [4.69, 9.17) is 9.47 Å². The molecule has 0 amide bonds. The van der Waals surface area contributed by atoms with Crippen molar-refractivity contribution in [3.8, 4) is 11.5 Å². The van der Waals surface area contributed by atoms with E-state index in [2.05, 4.69) is 10.4 Å². The fourth-order valence-corrected chi connectivity index (χ4v) is 2.02. The van der Waals surface area contributed by atoms with Crippen LogP contribution in [0.3, 0.4) is 0 Å². The Hall–Kier alpha value is -2.17. The molecule has 0 atom stereocenters. The van der Waals surface area contributed by atoms with Crippen LogP contribution in [0, 0.1) is 0 Å². The number of nitrogens with one attached hydrogen (secondary N) is 1. The molecule has 1 N–H and O–H groups in total. The SMILES string of the molecule is Cn1ccc(CNc2ccc3c(c2)OCCCO3)n1. The van der Waals surface area contributed by atoms with Crippen LogP contribution in [-0.4, -0.2) is 23.0 Å². The molecule has 1 aliphatic rings. The molecule has 5 nitrogen and oxygen atoms in total. The Morgan fingerprint density at radius 2 is 2.05 bits per heavy atom. The molecule has 0 fully saturated rings. The average molecular weight is 259 g/mol. The molecule has 0 unspecified atom stereocenters. The predicted octanol–water partition coefficient (Wildman–Crippen LogP) is 2.19. The van der Waals surface area contributed by atoms with Crippen LogP contribution in [0.1, 0.15) is 12.1 Å². The minimum atomic E-state index is 0.695. The fraction of sp³-hybridized carbons (Fsp3) is 0.357. The van der Waals surface area contributed by atoms with Crippen molar-refractivity contribution in [2.24, 2.45) is 7.05 Å². The molecule has 0 radical (unpaired) electrons. The molecular formula is C14H17N3O2. The molecule has 1 aliphatic heterocycles.